The molecule has 1 saturated heterocycles. The van der Waals surface area contributed by atoms with E-state index in [-0.39, 0.29) is 12.4 Å². The molecule has 0 aromatic carbocycles. The average molecular weight is 178 g/mol. The van der Waals surface area contributed by atoms with Crippen LogP contribution in [0.4, 0.5) is 0 Å². The molecule has 1 aliphatic heterocycles. The van der Waals surface area contributed by atoms with Crippen LogP contribution in [0.25, 0.3) is 0 Å². The van der Waals surface area contributed by atoms with Gasteiger partial charge in [0.1, 0.15) is 5.78 Å². The first-order chi connectivity index (χ1) is 4.84. The van der Waals surface area contributed by atoms with Crippen molar-refractivity contribution in [3.05, 3.63) is 0 Å². The van der Waals surface area contributed by atoms with Crippen molar-refractivity contribution in [2.45, 2.75) is 26.2 Å². The van der Waals surface area contributed by atoms with Gasteiger partial charge < -0.3 is 5.32 Å². The third-order valence-corrected chi connectivity index (χ3v) is 2.06. The highest BCUT2D eigenvalue weighted by molar-refractivity contribution is 5.85. The van der Waals surface area contributed by atoms with E-state index in [1.807, 2.05) is 0 Å². The van der Waals surface area contributed by atoms with Gasteiger partial charge >= 0.3 is 0 Å². The highest BCUT2D eigenvalue weighted by Gasteiger charge is 2.19. The monoisotopic (exact) mass is 177 g/mol. The van der Waals surface area contributed by atoms with E-state index in [1.54, 1.807) is 0 Å². The lowest BCUT2D eigenvalue weighted by Crippen LogP contribution is -2.36. The third kappa shape index (κ3) is 3.21. The molecule has 1 aliphatic rings. The number of Topliss-reactive ketones (excluding diaryl/α,β-unsaturated/α-hetero) is 1. The maximum absolute atomic E-state index is 11.1. The fourth-order valence-electron chi connectivity index (χ4n) is 1.45. The number of halogens is 1. The van der Waals surface area contributed by atoms with Crippen LogP contribution in [-0.4, -0.2) is 18.9 Å². The van der Waals surface area contributed by atoms with E-state index in [0.29, 0.717) is 18.2 Å². The first-order valence-corrected chi connectivity index (χ1v) is 4.08. The lowest BCUT2D eigenvalue weighted by atomic mass is 9.92. The predicted molar refractivity (Wildman–Crippen MR) is 48.1 cm³/mol. The molecule has 2 nitrogen and oxygen atoms in total. The van der Waals surface area contributed by atoms with E-state index >= 15 is 0 Å². The second-order valence-corrected chi connectivity index (χ2v) is 2.92. The summed E-state index contributed by atoms with van der Waals surface area (Å²) in [4.78, 5) is 11.1. The number of carbonyl (C=O) groups is 1. The quantitative estimate of drug-likeness (QED) is 0.691. The summed E-state index contributed by atoms with van der Waals surface area (Å²) >= 11 is 0. The van der Waals surface area contributed by atoms with E-state index in [2.05, 4.69) is 12.2 Å². The van der Waals surface area contributed by atoms with E-state index in [4.69, 9.17) is 0 Å². The van der Waals surface area contributed by atoms with Gasteiger partial charge in [-0.25, -0.2) is 0 Å². The molecular weight excluding hydrogens is 162 g/mol. The maximum Gasteiger partial charge on any atom is 0.149 e. The van der Waals surface area contributed by atoms with Gasteiger partial charge in [-0.05, 0) is 19.4 Å². The van der Waals surface area contributed by atoms with Gasteiger partial charge in [0, 0.05) is 5.92 Å². The van der Waals surface area contributed by atoms with Crippen molar-refractivity contribution < 1.29 is 4.79 Å². The first-order valence-electron chi connectivity index (χ1n) is 4.08. The molecule has 0 bridgehead atoms. The molecule has 0 aromatic heterocycles. The zero-order valence-electron chi connectivity index (χ0n) is 6.93. The number of piperidine rings is 1. The summed E-state index contributed by atoms with van der Waals surface area (Å²) in [5.41, 5.74) is 0. The molecule has 1 N–H and O–H groups in total. The van der Waals surface area contributed by atoms with Crippen LogP contribution >= 0.6 is 12.4 Å². The molecule has 0 aliphatic carbocycles. The summed E-state index contributed by atoms with van der Waals surface area (Å²) in [6.45, 7) is 3.76. The van der Waals surface area contributed by atoms with Gasteiger partial charge in [0.25, 0.3) is 0 Å². The van der Waals surface area contributed by atoms with Crippen molar-refractivity contribution in [1.29, 1.82) is 0 Å². The highest BCUT2D eigenvalue weighted by atomic mass is 35.5. The fraction of sp³-hybridized carbons (Fsp3) is 0.875. The smallest absolute Gasteiger partial charge is 0.149 e. The Balaban J connectivity index is 0.000001000. The van der Waals surface area contributed by atoms with Crippen LogP contribution in [0.1, 0.15) is 26.2 Å². The minimum absolute atomic E-state index is 0. The zero-order valence-corrected chi connectivity index (χ0v) is 7.75. The van der Waals surface area contributed by atoms with Crippen molar-refractivity contribution in [3.8, 4) is 0 Å². The lowest BCUT2D eigenvalue weighted by molar-refractivity contribution is -0.123. The molecule has 11 heavy (non-hydrogen) atoms. The normalized spacial score (nSPS) is 24.5. The van der Waals surface area contributed by atoms with Crippen LogP contribution in [0, 0.1) is 5.92 Å². The minimum atomic E-state index is 0. The van der Waals surface area contributed by atoms with Crippen molar-refractivity contribution in [1.82, 2.24) is 5.32 Å². The second-order valence-electron chi connectivity index (χ2n) is 2.92. The van der Waals surface area contributed by atoms with Gasteiger partial charge in [-0.2, -0.15) is 0 Å². The zero-order chi connectivity index (χ0) is 7.40. The second kappa shape index (κ2) is 5.56. The molecule has 0 radical (unpaired) electrons. The summed E-state index contributed by atoms with van der Waals surface area (Å²) in [6, 6.07) is 0. The molecule has 3 heteroatoms. The Morgan fingerprint density at radius 3 is 2.91 bits per heavy atom. The van der Waals surface area contributed by atoms with Gasteiger partial charge in [0.15, 0.2) is 0 Å². The molecule has 1 unspecified atom stereocenters. The Labute approximate surface area is 74.2 Å². The average Bonchev–Trinajstić information content (AvgIpc) is 1.94. The van der Waals surface area contributed by atoms with Crippen molar-refractivity contribution >= 4 is 18.2 Å². The fourth-order valence-corrected chi connectivity index (χ4v) is 1.45. The summed E-state index contributed by atoms with van der Waals surface area (Å²) in [7, 11) is 0. The van der Waals surface area contributed by atoms with Crippen LogP contribution in [0.15, 0.2) is 0 Å². The van der Waals surface area contributed by atoms with Crippen molar-refractivity contribution in [3.63, 3.8) is 0 Å². The van der Waals surface area contributed by atoms with Crippen LogP contribution in [0.5, 0.6) is 0 Å². The van der Waals surface area contributed by atoms with E-state index in [0.717, 1.165) is 25.8 Å². The third-order valence-electron chi connectivity index (χ3n) is 2.06. The lowest BCUT2D eigenvalue weighted by Gasteiger charge is -2.20. The summed E-state index contributed by atoms with van der Waals surface area (Å²) in [5, 5.41) is 3.07. The largest absolute Gasteiger partial charge is 0.310 e. The van der Waals surface area contributed by atoms with Gasteiger partial charge in [-0.15, -0.1) is 12.4 Å². The van der Waals surface area contributed by atoms with Gasteiger partial charge in [0.05, 0.1) is 6.54 Å². The van der Waals surface area contributed by atoms with E-state index in [1.165, 1.54) is 0 Å². The molecule has 0 spiro atoms. The topological polar surface area (TPSA) is 29.1 Å². The SMILES string of the molecule is CCCC1CCNCC1=O.Cl. The maximum atomic E-state index is 11.1. The molecule has 0 aromatic rings. The van der Waals surface area contributed by atoms with Gasteiger partial charge in [-0.1, -0.05) is 13.3 Å². The summed E-state index contributed by atoms with van der Waals surface area (Å²) in [6.07, 6.45) is 3.27. The molecule has 1 rings (SSSR count). The summed E-state index contributed by atoms with van der Waals surface area (Å²) < 4.78 is 0. The Morgan fingerprint density at radius 2 is 2.36 bits per heavy atom. The first kappa shape index (κ1) is 10.9. The number of carbonyl (C=O) groups excluding carboxylic acids is 1. The minimum Gasteiger partial charge on any atom is -0.310 e. The predicted octanol–water partition coefficient (Wildman–Crippen LogP) is 1.39. The number of hydrogen-bond donors (Lipinski definition) is 1. The molecular formula is C8H16ClNO. The van der Waals surface area contributed by atoms with E-state index < -0.39 is 0 Å². The molecule has 1 atom stereocenters. The molecule has 66 valence electrons. The van der Waals surface area contributed by atoms with Gasteiger partial charge in [0.2, 0.25) is 0 Å². The highest BCUT2D eigenvalue weighted by Crippen LogP contribution is 2.13. The summed E-state index contributed by atoms with van der Waals surface area (Å²) in [5.74, 6) is 0.777. The number of nitrogens with one attached hydrogen (secondary N) is 1. The van der Waals surface area contributed by atoms with Crippen LogP contribution < -0.4 is 5.32 Å². The van der Waals surface area contributed by atoms with Crippen molar-refractivity contribution in [2.24, 2.45) is 5.92 Å². The Morgan fingerprint density at radius 1 is 1.64 bits per heavy atom. The number of rotatable bonds is 2. The van der Waals surface area contributed by atoms with Crippen LogP contribution in [0.3, 0.4) is 0 Å². The Hall–Kier alpha value is -0.0800. The Bertz CT molecular complexity index is 125. The molecule has 1 fully saturated rings. The molecule has 1 heterocycles. The van der Waals surface area contributed by atoms with Crippen LogP contribution in [0.2, 0.25) is 0 Å². The standard InChI is InChI=1S/C8H15NO.ClH/c1-2-3-7-4-5-9-6-8(7)10;/h7,9H,2-6H2,1H3;1H. The molecule has 0 saturated carbocycles. The molecule has 0 amide bonds. The van der Waals surface area contributed by atoms with E-state index in [9.17, 15) is 4.79 Å². The Kier molecular flexibility index (Phi) is 5.51. The van der Waals surface area contributed by atoms with Crippen molar-refractivity contribution in [2.75, 3.05) is 13.1 Å². The van der Waals surface area contributed by atoms with Crippen LogP contribution in [-0.2, 0) is 4.79 Å². The number of ketones is 1. The number of hydrogen-bond acceptors (Lipinski definition) is 2. The van der Waals surface area contributed by atoms with Gasteiger partial charge in [-0.3, -0.25) is 4.79 Å².